The highest BCUT2D eigenvalue weighted by atomic mass is 15.1. The minimum absolute atomic E-state index is 0.574. The average Bonchev–Trinajstić information content (AvgIpc) is 2.94. The maximum atomic E-state index is 3.71. The molecule has 0 radical (unpaired) electrons. The highest BCUT2D eigenvalue weighted by Gasteiger charge is 2.34. The summed E-state index contributed by atoms with van der Waals surface area (Å²) in [7, 11) is 2.38. The van der Waals surface area contributed by atoms with Crippen LogP contribution in [0.1, 0.15) is 71.1 Å². The predicted molar refractivity (Wildman–Crippen MR) is 83.6 cm³/mol. The third-order valence-electron chi connectivity index (χ3n) is 5.37. The van der Waals surface area contributed by atoms with E-state index in [2.05, 4.69) is 24.2 Å². The molecule has 19 heavy (non-hydrogen) atoms. The molecule has 112 valence electrons. The maximum Gasteiger partial charge on any atom is 0.00924 e. The number of nitrogens with one attached hydrogen (secondary N) is 1. The molecule has 1 N–H and O–H groups in total. The average molecular weight is 266 g/mol. The molecule has 0 spiro atoms. The fourth-order valence-electron chi connectivity index (χ4n) is 4.23. The van der Waals surface area contributed by atoms with Crippen LogP contribution in [0.2, 0.25) is 0 Å². The third-order valence-corrected chi connectivity index (χ3v) is 5.37. The lowest BCUT2D eigenvalue weighted by Crippen LogP contribution is -2.46. The van der Waals surface area contributed by atoms with Crippen LogP contribution in [-0.4, -0.2) is 37.6 Å². The molecule has 0 unspecified atom stereocenters. The lowest BCUT2D eigenvalue weighted by atomic mass is 9.73. The number of rotatable bonds is 7. The number of hydrogen-bond donors (Lipinski definition) is 1. The summed E-state index contributed by atoms with van der Waals surface area (Å²) in [6.07, 6.45) is 14.3. The summed E-state index contributed by atoms with van der Waals surface area (Å²) < 4.78 is 0. The highest BCUT2D eigenvalue weighted by molar-refractivity contribution is 4.89. The van der Waals surface area contributed by atoms with Crippen LogP contribution in [0.25, 0.3) is 0 Å². The van der Waals surface area contributed by atoms with E-state index in [0.717, 1.165) is 6.04 Å². The highest BCUT2D eigenvalue weighted by Crippen LogP contribution is 2.37. The Morgan fingerprint density at radius 3 is 2.37 bits per heavy atom. The minimum Gasteiger partial charge on any atom is -0.316 e. The molecular weight excluding hydrogens is 232 g/mol. The Bertz CT molecular complexity index is 240. The van der Waals surface area contributed by atoms with Crippen molar-refractivity contribution in [3.05, 3.63) is 0 Å². The van der Waals surface area contributed by atoms with Gasteiger partial charge in [0, 0.05) is 19.1 Å². The summed E-state index contributed by atoms with van der Waals surface area (Å²) in [6, 6.07) is 0.880. The van der Waals surface area contributed by atoms with Crippen molar-refractivity contribution in [1.82, 2.24) is 10.2 Å². The molecule has 0 saturated heterocycles. The van der Waals surface area contributed by atoms with Crippen LogP contribution >= 0.6 is 0 Å². The fraction of sp³-hybridized carbons (Fsp3) is 1.00. The lowest BCUT2D eigenvalue weighted by Gasteiger charge is -2.42. The van der Waals surface area contributed by atoms with Gasteiger partial charge in [0.2, 0.25) is 0 Å². The van der Waals surface area contributed by atoms with Crippen molar-refractivity contribution >= 4 is 0 Å². The van der Waals surface area contributed by atoms with Crippen LogP contribution in [0.15, 0.2) is 0 Å². The van der Waals surface area contributed by atoms with E-state index in [4.69, 9.17) is 0 Å². The molecule has 0 heterocycles. The van der Waals surface area contributed by atoms with E-state index < -0.39 is 0 Å². The van der Waals surface area contributed by atoms with Gasteiger partial charge in [0.25, 0.3) is 0 Å². The number of nitrogens with zero attached hydrogens (tertiary/aromatic N) is 1. The molecule has 0 amide bonds. The van der Waals surface area contributed by atoms with E-state index >= 15 is 0 Å². The molecule has 0 bridgehead atoms. The lowest BCUT2D eigenvalue weighted by molar-refractivity contribution is 0.0940. The SMILES string of the molecule is CCCNCC1(CN(C)C2CCCC2)CCCCC1. The Morgan fingerprint density at radius 2 is 1.74 bits per heavy atom. The van der Waals surface area contributed by atoms with Crippen LogP contribution < -0.4 is 5.32 Å². The zero-order valence-electron chi connectivity index (χ0n) is 13.2. The molecule has 2 aliphatic carbocycles. The van der Waals surface area contributed by atoms with Crippen molar-refractivity contribution in [3.63, 3.8) is 0 Å². The van der Waals surface area contributed by atoms with Crippen molar-refractivity contribution in [3.8, 4) is 0 Å². The van der Waals surface area contributed by atoms with Gasteiger partial charge in [-0.2, -0.15) is 0 Å². The summed E-state index contributed by atoms with van der Waals surface area (Å²) in [5.41, 5.74) is 0.574. The van der Waals surface area contributed by atoms with Crippen molar-refractivity contribution in [2.75, 3.05) is 26.7 Å². The molecule has 2 heteroatoms. The fourth-order valence-corrected chi connectivity index (χ4v) is 4.23. The van der Waals surface area contributed by atoms with E-state index in [1.54, 1.807) is 0 Å². The first-order valence-corrected chi connectivity index (χ1v) is 8.67. The van der Waals surface area contributed by atoms with Gasteiger partial charge < -0.3 is 10.2 Å². The Balaban J connectivity index is 1.88. The van der Waals surface area contributed by atoms with Gasteiger partial charge in [0.1, 0.15) is 0 Å². The van der Waals surface area contributed by atoms with E-state index in [9.17, 15) is 0 Å². The van der Waals surface area contributed by atoms with Crippen molar-refractivity contribution in [2.24, 2.45) is 5.41 Å². The molecule has 0 atom stereocenters. The summed E-state index contributed by atoms with van der Waals surface area (Å²) >= 11 is 0. The van der Waals surface area contributed by atoms with E-state index in [-0.39, 0.29) is 0 Å². The number of hydrogen-bond acceptors (Lipinski definition) is 2. The maximum absolute atomic E-state index is 3.71. The Labute approximate surface area is 120 Å². The summed E-state index contributed by atoms with van der Waals surface area (Å²) in [6.45, 7) is 6.03. The Hall–Kier alpha value is -0.0800. The first-order chi connectivity index (χ1) is 9.26. The zero-order chi connectivity index (χ0) is 13.6. The van der Waals surface area contributed by atoms with Crippen LogP contribution in [0.5, 0.6) is 0 Å². The molecule has 2 aliphatic rings. The van der Waals surface area contributed by atoms with Crippen molar-refractivity contribution in [2.45, 2.75) is 77.2 Å². The van der Waals surface area contributed by atoms with Gasteiger partial charge in [-0.05, 0) is 51.1 Å². The normalized spacial score (nSPS) is 24.2. The van der Waals surface area contributed by atoms with E-state index in [0.29, 0.717) is 5.41 Å². The van der Waals surface area contributed by atoms with Gasteiger partial charge in [0.05, 0.1) is 0 Å². The second-order valence-electron chi connectivity index (χ2n) is 7.09. The van der Waals surface area contributed by atoms with Gasteiger partial charge in [0.15, 0.2) is 0 Å². The molecule has 2 rings (SSSR count). The van der Waals surface area contributed by atoms with Crippen molar-refractivity contribution in [1.29, 1.82) is 0 Å². The van der Waals surface area contributed by atoms with E-state index in [1.165, 1.54) is 83.8 Å². The smallest absolute Gasteiger partial charge is 0.00924 e. The van der Waals surface area contributed by atoms with Crippen LogP contribution in [0, 0.1) is 5.41 Å². The molecule has 2 fully saturated rings. The summed E-state index contributed by atoms with van der Waals surface area (Å²) in [5, 5.41) is 3.71. The van der Waals surface area contributed by atoms with Gasteiger partial charge in [-0.15, -0.1) is 0 Å². The van der Waals surface area contributed by atoms with Gasteiger partial charge in [-0.25, -0.2) is 0 Å². The first-order valence-electron chi connectivity index (χ1n) is 8.67. The molecule has 2 saturated carbocycles. The topological polar surface area (TPSA) is 15.3 Å². The second kappa shape index (κ2) is 7.64. The largest absolute Gasteiger partial charge is 0.316 e. The van der Waals surface area contributed by atoms with E-state index in [1.807, 2.05) is 0 Å². The van der Waals surface area contributed by atoms with Gasteiger partial charge in [-0.1, -0.05) is 39.0 Å². The minimum atomic E-state index is 0.574. The Morgan fingerprint density at radius 1 is 1.05 bits per heavy atom. The molecule has 0 aromatic carbocycles. The first kappa shape index (κ1) is 15.3. The standard InChI is InChI=1S/C17H34N2/c1-3-13-18-14-17(11-7-4-8-12-17)15-19(2)16-9-5-6-10-16/h16,18H,3-15H2,1-2H3. The van der Waals surface area contributed by atoms with Gasteiger partial charge >= 0.3 is 0 Å². The zero-order valence-corrected chi connectivity index (χ0v) is 13.2. The van der Waals surface area contributed by atoms with Crippen molar-refractivity contribution < 1.29 is 0 Å². The monoisotopic (exact) mass is 266 g/mol. The molecule has 2 nitrogen and oxygen atoms in total. The molecular formula is C17H34N2. The Kier molecular flexibility index (Phi) is 6.15. The summed E-state index contributed by atoms with van der Waals surface area (Å²) in [5.74, 6) is 0. The predicted octanol–water partition coefficient (Wildman–Crippen LogP) is 3.81. The molecule has 0 aromatic rings. The third kappa shape index (κ3) is 4.46. The quantitative estimate of drug-likeness (QED) is 0.705. The molecule has 0 aromatic heterocycles. The summed E-state index contributed by atoms with van der Waals surface area (Å²) in [4.78, 5) is 2.70. The van der Waals surface area contributed by atoms with Crippen LogP contribution in [0.4, 0.5) is 0 Å². The molecule has 0 aliphatic heterocycles. The van der Waals surface area contributed by atoms with Gasteiger partial charge in [-0.3, -0.25) is 0 Å². The second-order valence-corrected chi connectivity index (χ2v) is 7.09. The van der Waals surface area contributed by atoms with Crippen LogP contribution in [0.3, 0.4) is 0 Å². The van der Waals surface area contributed by atoms with Crippen LogP contribution in [-0.2, 0) is 0 Å².